The van der Waals surface area contributed by atoms with Crippen molar-refractivity contribution in [2.75, 3.05) is 6.26 Å². The SMILES string of the molecule is CC(=O)N[C@@H](Cc1ccc(CN)cc1)C(=O)NC(CC(C)C)C(=O)N[C@H](/C=C/S(C)(=O)=O)Cc1ccc(CN)cc1. The van der Waals surface area contributed by atoms with Gasteiger partial charge in [-0.15, -0.1) is 0 Å². The van der Waals surface area contributed by atoms with Crippen LogP contribution in [0.25, 0.3) is 0 Å². The molecule has 41 heavy (non-hydrogen) atoms. The van der Waals surface area contributed by atoms with E-state index in [4.69, 9.17) is 11.5 Å². The minimum Gasteiger partial charge on any atom is -0.348 e. The average molecular weight is 586 g/mol. The van der Waals surface area contributed by atoms with Gasteiger partial charge in [-0.25, -0.2) is 8.42 Å². The molecule has 0 bridgehead atoms. The minimum absolute atomic E-state index is 0.0582. The van der Waals surface area contributed by atoms with Gasteiger partial charge in [0.05, 0.1) is 6.04 Å². The normalized spacial score (nSPS) is 13.9. The molecule has 10 nitrogen and oxygen atoms in total. The molecule has 2 aromatic carbocycles. The van der Waals surface area contributed by atoms with E-state index in [2.05, 4.69) is 16.0 Å². The highest BCUT2D eigenvalue weighted by Crippen LogP contribution is 2.12. The molecule has 1 unspecified atom stereocenters. The van der Waals surface area contributed by atoms with E-state index in [-0.39, 0.29) is 18.2 Å². The molecule has 0 saturated heterocycles. The molecule has 224 valence electrons. The van der Waals surface area contributed by atoms with E-state index < -0.39 is 39.8 Å². The topological polar surface area (TPSA) is 173 Å². The lowest BCUT2D eigenvalue weighted by Gasteiger charge is -2.26. The molecular formula is C30H43N5O5S. The third-order valence-corrected chi connectivity index (χ3v) is 6.98. The van der Waals surface area contributed by atoms with Crippen molar-refractivity contribution < 1.29 is 22.8 Å². The van der Waals surface area contributed by atoms with Crippen LogP contribution in [0.2, 0.25) is 0 Å². The third-order valence-electron chi connectivity index (χ3n) is 6.33. The highest BCUT2D eigenvalue weighted by molar-refractivity contribution is 7.93. The maximum Gasteiger partial charge on any atom is 0.243 e. The van der Waals surface area contributed by atoms with Gasteiger partial charge in [0.15, 0.2) is 9.84 Å². The van der Waals surface area contributed by atoms with Gasteiger partial charge in [-0.2, -0.15) is 0 Å². The second-order valence-corrected chi connectivity index (χ2v) is 12.6. The molecule has 0 spiro atoms. The molecule has 0 aliphatic rings. The number of rotatable bonds is 15. The molecule has 0 aliphatic heterocycles. The molecule has 2 rings (SSSR count). The van der Waals surface area contributed by atoms with Crippen LogP contribution >= 0.6 is 0 Å². The van der Waals surface area contributed by atoms with Crippen LogP contribution in [0.3, 0.4) is 0 Å². The maximum absolute atomic E-state index is 13.5. The van der Waals surface area contributed by atoms with Gasteiger partial charge in [-0.1, -0.05) is 68.5 Å². The molecule has 3 amide bonds. The van der Waals surface area contributed by atoms with Crippen LogP contribution in [0.1, 0.15) is 49.4 Å². The highest BCUT2D eigenvalue weighted by Gasteiger charge is 2.28. The van der Waals surface area contributed by atoms with E-state index in [1.54, 1.807) is 0 Å². The fraction of sp³-hybridized carbons (Fsp3) is 0.433. The number of nitrogens with two attached hydrogens (primary N) is 2. The molecule has 0 fully saturated rings. The highest BCUT2D eigenvalue weighted by atomic mass is 32.2. The van der Waals surface area contributed by atoms with Crippen molar-refractivity contribution in [3.05, 3.63) is 82.3 Å². The summed E-state index contributed by atoms with van der Waals surface area (Å²) < 4.78 is 23.6. The largest absolute Gasteiger partial charge is 0.348 e. The van der Waals surface area contributed by atoms with Crippen molar-refractivity contribution >= 4 is 27.6 Å². The fourth-order valence-corrected chi connectivity index (χ4v) is 4.71. The molecule has 11 heteroatoms. The lowest BCUT2D eigenvalue weighted by molar-refractivity contribution is -0.132. The summed E-state index contributed by atoms with van der Waals surface area (Å²) in [6, 6.07) is 12.5. The second-order valence-electron chi connectivity index (χ2n) is 10.7. The number of nitrogens with one attached hydrogen (secondary N) is 3. The first-order valence-corrected chi connectivity index (χ1v) is 15.6. The summed E-state index contributed by atoms with van der Waals surface area (Å²) in [5.41, 5.74) is 14.9. The number of hydrogen-bond donors (Lipinski definition) is 5. The van der Waals surface area contributed by atoms with E-state index in [1.807, 2.05) is 62.4 Å². The molecule has 7 N–H and O–H groups in total. The van der Waals surface area contributed by atoms with Crippen LogP contribution in [0.15, 0.2) is 60.0 Å². The van der Waals surface area contributed by atoms with Crippen molar-refractivity contribution in [3.63, 3.8) is 0 Å². The zero-order chi connectivity index (χ0) is 30.6. The monoisotopic (exact) mass is 585 g/mol. The summed E-state index contributed by atoms with van der Waals surface area (Å²) in [6.07, 6.45) is 3.40. The molecule has 0 radical (unpaired) electrons. The van der Waals surface area contributed by atoms with Crippen molar-refractivity contribution in [2.24, 2.45) is 17.4 Å². The van der Waals surface area contributed by atoms with Crippen LogP contribution in [0, 0.1) is 5.92 Å². The second kappa shape index (κ2) is 16.0. The van der Waals surface area contributed by atoms with Gasteiger partial charge in [0, 0.05) is 38.1 Å². The first-order valence-electron chi connectivity index (χ1n) is 13.6. The number of carbonyl (C=O) groups excluding carboxylic acids is 3. The number of amides is 3. The van der Waals surface area contributed by atoms with Crippen LogP contribution in [-0.4, -0.2) is 50.5 Å². The van der Waals surface area contributed by atoms with Crippen molar-refractivity contribution in [1.82, 2.24) is 16.0 Å². The zero-order valence-electron chi connectivity index (χ0n) is 24.2. The van der Waals surface area contributed by atoms with Crippen LogP contribution in [0.4, 0.5) is 0 Å². The quantitative estimate of drug-likeness (QED) is 0.210. The Balaban J connectivity index is 2.25. The summed E-state index contributed by atoms with van der Waals surface area (Å²) >= 11 is 0. The molecular weight excluding hydrogens is 542 g/mol. The maximum atomic E-state index is 13.5. The molecule has 0 aliphatic carbocycles. The Morgan fingerprint density at radius 1 is 0.756 bits per heavy atom. The Bertz CT molecular complexity index is 1290. The smallest absolute Gasteiger partial charge is 0.243 e. The Labute approximate surface area is 243 Å². The number of benzene rings is 2. The number of hydrogen-bond acceptors (Lipinski definition) is 7. The average Bonchev–Trinajstić information content (AvgIpc) is 2.90. The fourth-order valence-electron chi connectivity index (χ4n) is 4.23. The van der Waals surface area contributed by atoms with E-state index in [0.717, 1.165) is 33.9 Å². The first-order chi connectivity index (χ1) is 19.3. The molecule has 0 heterocycles. The van der Waals surface area contributed by atoms with Crippen molar-refractivity contribution in [3.8, 4) is 0 Å². The molecule has 0 saturated carbocycles. The van der Waals surface area contributed by atoms with Gasteiger partial charge in [-0.05, 0) is 41.0 Å². The Morgan fingerprint density at radius 3 is 1.66 bits per heavy atom. The number of sulfone groups is 1. The van der Waals surface area contributed by atoms with Crippen LogP contribution in [-0.2, 0) is 50.2 Å². The van der Waals surface area contributed by atoms with E-state index in [1.165, 1.54) is 13.0 Å². The van der Waals surface area contributed by atoms with Gasteiger partial charge in [-0.3, -0.25) is 14.4 Å². The standard InChI is InChI=1S/C30H43N5O5S/c1-20(2)15-27(35-30(38)28(33-21(3)36)17-23-7-11-25(19-32)12-8-23)29(37)34-26(13-14-41(4,39)40)16-22-5-9-24(18-31)10-6-22/h5-14,20,26-28H,15-19,31-32H2,1-4H3,(H,33,36)(H,34,37)(H,35,38)/b14-13+/t26-,27?,28+/m1/s1. The lowest BCUT2D eigenvalue weighted by atomic mass is 9.99. The predicted molar refractivity (Wildman–Crippen MR) is 161 cm³/mol. The van der Waals surface area contributed by atoms with Gasteiger partial charge < -0.3 is 27.4 Å². The van der Waals surface area contributed by atoms with Crippen LogP contribution < -0.4 is 27.4 Å². The summed E-state index contributed by atoms with van der Waals surface area (Å²) in [6.45, 7) is 5.97. The molecule has 3 atom stereocenters. The summed E-state index contributed by atoms with van der Waals surface area (Å²) in [7, 11) is -3.44. The zero-order valence-corrected chi connectivity index (χ0v) is 25.0. The summed E-state index contributed by atoms with van der Waals surface area (Å²) in [5, 5.41) is 9.44. The minimum atomic E-state index is -3.44. The summed E-state index contributed by atoms with van der Waals surface area (Å²) in [5.74, 6) is -1.27. The number of carbonyl (C=O) groups is 3. The van der Waals surface area contributed by atoms with Gasteiger partial charge in [0.1, 0.15) is 12.1 Å². The predicted octanol–water partition coefficient (Wildman–Crippen LogP) is 1.47. The Kier molecular flexibility index (Phi) is 13.2. The molecule has 2 aromatic rings. The van der Waals surface area contributed by atoms with E-state index in [9.17, 15) is 22.8 Å². The molecule has 0 aromatic heterocycles. The van der Waals surface area contributed by atoms with Crippen LogP contribution in [0.5, 0.6) is 0 Å². The van der Waals surface area contributed by atoms with Gasteiger partial charge in [0.25, 0.3) is 0 Å². The van der Waals surface area contributed by atoms with E-state index in [0.29, 0.717) is 25.9 Å². The Hall–Kier alpha value is -3.54. The Morgan fingerprint density at radius 2 is 1.22 bits per heavy atom. The first kappa shape index (κ1) is 33.7. The van der Waals surface area contributed by atoms with Crippen molar-refractivity contribution in [2.45, 2.75) is 71.2 Å². The summed E-state index contributed by atoms with van der Waals surface area (Å²) in [4.78, 5) is 38.8. The van der Waals surface area contributed by atoms with Gasteiger partial charge in [0.2, 0.25) is 17.7 Å². The van der Waals surface area contributed by atoms with Crippen molar-refractivity contribution in [1.29, 1.82) is 0 Å². The van der Waals surface area contributed by atoms with Gasteiger partial charge >= 0.3 is 0 Å². The van der Waals surface area contributed by atoms with E-state index >= 15 is 0 Å². The lowest BCUT2D eigenvalue weighted by Crippen LogP contribution is -2.55. The third kappa shape index (κ3) is 12.7.